The summed E-state index contributed by atoms with van der Waals surface area (Å²) in [6, 6.07) is 16.5. The summed E-state index contributed by atoms with van der Waals surface area (Å²) >= 11 is 0. The molecule has 53 heavy (non-hydrogen) atoms. The van der Waals surface area contributed by atoms with E-state index < -0.39 is 0 Å². The number of benzene rings is 4. The Balaban J connectivity index is 0.00000117. The van der Waals surface area contributed by atoms with E-state index in [1.165, 1.54) is 12.8 Å². The number of phenols is 4. The second kappa shape index (κ2) is 15.4. The van der Waals surface area contributed by atoms with Crippen LogP contribution < -0.4 is 5.73 Å². The molecule has 5 heteroatoms. The van der Waals surface area contributed by atoms with Crippen LogP contribution in [0, 0.1) is 0 Å². The Labute approximate surface area is 320 Å². The highest BCUT2D eigenvalue weighted by atomic mass is 16.3. The molecule has 0 amide bonds. The predicted octanol–water partition coefficient (Wildman–Crippen LogP) is 11.1. The minimum atomic E-state index is -0.190. The number of fused-ring (bicyclic) bond motifs is 8. The van der Waals surface area contributed by atoms with E-state index in [-0.39, 0.29) is 44.7 Å². The third kappa shape index (κ3) is 9.78. The lowest BCUT2D eigenvalue weighted by Crippen LogP contribution is -2.15. The highest BCUT2D eigenvalue weighted by Crippen LogP contribution is 2.43. The molecule has 6 N–H and O–H groups in total. The fraction of sp³-hybridized carbons (Fsp3) is 0.500. The monoisotopic (exact) mass is 722 g/mol. The standard InChI is InChI=1S/C44H56O4.C4H11N/c1-41(2,3)33-17-25-13-27-19-34(42(4,5)6)21-29(38(27)46)15-31-23-36(44(10,11)12)24-32(40(31)48)16-30-22-35(43(7,8)9)20-28(39(30)47)14-26(18-33)37(25)45;1-2-3-4-5/h17-24,45-48H,13-16H2,1-12H3;2-5H2,1H3. The van der Waals surface area contributed by atoms with Crippen molar-refractivity contribution in [2.75, 3.05) is 6.54 Å². The second-order valence-corrected chi connectivity index (χ2v) is 19.4. The van der Waals surface area contributed by atoms with Gasteiger partial charge in [-0.15, -0.1) is 0 Å². The molecule has 0 fully saturated rings. The van der Waals surface area contributed by atoms with Crippen molar-refractivity contribution >= 4 is 0 Å². The largest absolute Gasteiger partial charge is 0.507 e. The predicted molar refractivity (Wildman–Crippen MR) is 222 cm³/mol. The molecule has 1 aliphatic rings. The minimum absolute atomic E-state index is 0.190. The third-order valence-electron chi connectivity index (χ3n) is 10.6. The lowest BCUT2D eigenvalue weighted by Gasteiger charge is -2.27. The van der Waals surface area contributed by atoms with Crippen molar-refractivity contribution in [1.29, 1.82) is 0 Å². The summed E-state index contributed by atoms with van der Waals surface area (Å²) in [6.45, 7) is 28.9. The quantitative estimate of drug-likeness (QED) is 0.125. The van der Waals surface area contributed by atoms with E-state index in [1.807, 2.05) is 0 Å². The average Bonchev–Trinajstić information content (AvgIpc) is 3.02. The number of rotatable bonds is 2. The summed E-state index contributed by atoms with van der Waals surface area (Å²) in [6.07, 6.45) is 3.73. The lowest BCUT2D eigenvalue weighted by molar-refractivity contribution is 0.448. The fourth-order valence-electron chi connectivity index (χ4n) is 6.88. The highest BCUT2D eigenvalue weighted by molar-refractivity contribution is 5.58. The van der Waals surface area contributed by atoms with Crippen LogP contribution in [0.25, 0.3) is 0 Å². The molecule has 0 heterocycles. The molecule has 0 saturated carbocycles. The van der Waals surface area contributed by atoms with Crippen LogP contribution >= 0.6 is 0 Å². The second-order valence-electron chi connectivity index (χ2n) is 19.4. The zero-order valence-corrected chi connectivity index (χ0v) is 34.9. The van der Waals surface area contributed by atoms with Gasteiger partial charge in [-0.2, -0.15) is 0 Å². The molecule has 0 aromatic heterocycles. The molecule has 0 radical (unpaired) electrons. The molecular formula is C48H67NO4. The minimum Gasteiger partial charge on any atom is -0.507 e. The SMILES string of the molecule is CC(C)(C)c1cc2c(O)c(c1)Cc1cc(C(C)(C)C)cc(c1O)Cc1cc(C(C)(C)C)cc(c1O)Cc1cc(C(C)(C)C)cc(c1O)C2.CCCCN. The topological polar surface area (TPSA) is 107 Å². The Morgan fingerprint density at radius 2 is 0.566 bits per heavy atom. The summed E-state index contributed by atoms with van der Waals surface area (Å²) < 4.78 is 0. The first-order chi connectivity index (χ1) is 24.3. The van der Waals surface area contributed by atoms with Gasteiger partial charge in [0, 0.05) is 25.7 Å². The Bertz CT molecular complexity index is 1570. The van der Waals surface area contributed by atoms with E-state index in [1.54, 1.807) is 0 Å². The maximum atomic E-state index is 11.9. The van der Waals surface area contributed by atoms with Crippen LogP contribution in [0.4, 0.5) is 0 Å². The maximum Gasteiger partial charge on any atom is 0.122 e. The van der Waals surface area contributed by atoms with Gasteiger partial charge in [-0.1, -0.05) is 145 Å². The maximum absolute atomic E-state index is 11.9. The van der Waals surface area contributed by atoms with E-state index in [2.05, 4.69) is 139 Å². The molecule has 4 aromatic rings. The zero-order valence-electron chi connectivity index (χ0n) is 34.9. The Kier molecular flexibility index (Phi) is 12.2. The van der Waals surface area contributed by atoms with E-state index in [4.69, 9.17) is 5.73 Å². The number of phenolic OH excluding ortho intramolecular Hbond substituents is 4. The normalized spacial score (nSPS) is 13.7. The molecule has 288 valence electrons. The molecule has 8 bridgehead atoms. The summed E-state index contributed by atoms with van der Waals surface area (Å²) in [4.78, 5) is 0. The van der Waals surface area contributed by atoms with E-state index in [9.17, 15) is 20.4 Å². The summed E-state index contributed by atoms with van der Waals surface area (Å²) in [7, 11) is 0. The number of hydrogen-bond donors (Lipinski definition) is 5. The number of hydrogen-bond acceptors (Lipinski definition) is 5. The van der Waals surface area contributed by atoms with Crippen molar-refractivity contribution in [1.82, 2.24) is 0 Å². The van der Waals surface area contributed by atoms with Crippen molar-refractivity contribution in [2.24, 2.45) is 5.73 Å². The van der Waals surface area contributed by atoms with Crippen molar-refractivity contribution in [3.8, 4) is 23.0 Å². The highest BCUT2D eigenvalue weighted by Gasteiger charge is 2.27. The number of nitrogens with two attached hydrogens (primary N) is 1. The first kappa shape index (κ1) is 41.8. The average molecular weight is 722 g/mol. The Morgan fingerprint density at radius 3 is 0.660 bits per heavy atom. The van der Waals surface area contributed by atoms with E-state index in [0.29, 0.717) is 25.7 Å². The van der Waals surface area contributed by atoms with Gasteiger partial charge in [0.15, 0.2) is 0 Å². The zero-order chi connectivity index (χ0) is 39.8. The van der Waals surface area contributed by atoms with Crippen LogP contribution in [-0.2, 0) is 47.3 Å². The van der Waals surface area contributed by atoms with Crippen LogP contribution in [0.15, 0.2) is 48.5 Å². The van der Waals surface area contributed by atoms with Crippen molar-refractivity contribution in [2.45, 2.75) is 150 Å². The molecule has 0 saturated heterocycles. The molecule has 0 spiro atoms. The van der Waals surface area contributed by atoms with Gasteiger partial charge in [0.25, 0.3) is 0 Å². The van der Waals surface area contributed by atoms with Crippen LogP contribution in [0.5, 0.6) is 23.0 Å². The number of aromatic hydroxyl groups is 4. The lowest BCUT2D eigenvalue weighted by atomic mass is 9.79. The van der Waals surface area contributed by atoms with Gasteiger partial charge < -0.3 is 26.2 Å². The summed E-state index contributed by atoms with van der Waals surface area (Å²) in [5.41, 5.74) is 14.6. The van der Waals surface area contributed by atoms with Crippen molar-refractivity contribution in [3.63, 3.8) is 0 Å². The molecule has 0 unspecified atom stereocenters. The van der Waals surface area contributed by atoms with Gasteiger partial charge >= 0.3 is 0 Å². The molecule has 5 rings (SSSR count). The molecule has 0 atom stereocenters. The third-order valence-corrected chi connectivity index (χ3v) is 10.6. The smallest absolute Gasteiger partial charge is 0.122 e. The van der Waals surface area contributed by atoms with Crippen LogP contribution in [0.1, 0.15) is 170 Å². The summed E-state index contributed by atoms with van der Waals surface area (Å²) in [5.74, 6) is 0.767. The van der Waals surface area contributed by atoms with E-state index in [0.717, 1.165) is 73.3 Å². The van der Waals surface area contributed by atoms with Crippen molar-refractivity contribution in [3.05, 3.63) is 115 Å². The Morgan fingerprint density at radius 1 is 0.396 bits per heavy atom. The van der Waals surface area contributed by atoms with Crippen molar-refractivity contribution < 1.29 is 20.4 Å². The van der Waals surface area contributed by atoms with Crippen LogP contribution in [-0.4, -0.2) is 27.0 Å². The van der Waals surface area contributed by atoms with Gasteiger partial charge in [0.2, 0.25) is 0 Å². The van der Waals surface area contributed by atoms with Gasteiger partial charge in [-0.05, 0) is 101 Å². The fourth-order valence-corrected chi connectivity index (χ4v) is 6.88. The molecular weight excluding hydrogens is 655 g/mol. The molecule has 0 aliphatic heterocycles. The van der Waals surface area contributed by atoms with E-state index >= 15 is 0 Å². The Hall–Kier alpha value is -3.96. The molecule has 4 aromatic carbocycles. The number of unbranched alkanes of at least 4 members (excludes halogenated alkanes) is 1. The summed E-state index contributed by atoms with van der Waals surface area (Å²) in [5, 5.41) is 47.6. The van der Waals surface area contributed by atoms with Crippen LogP contribution in [0.2, 0.25) is 0 Å². The van der Waals surface area contributed by atoms with Gasteiger partial charge in [0.05, 0.1) is 0 Å². The molecule has 1 aliphatic carbocycles. The van der Waals surface area contributed by atoms with Gasteiger partial charge in [0.1, 0.15) is 23.0 Å². The molecule has 5 nitrogen and oxygen atoms in total. The van der Waals surface area contributed by atoms with Gasteiger partial charge in [-0.25, -0.2) is 0 Å². The first-order valence-electron chi connectivity index (χ1n) is 19.5. The first-order valence-corrected chi connectivity index (χ1v) is 19.5. The van der Waals surface area contributed by atoms with Gasteiger partial charge in [-0.3, -0.25) is 0 Å². The van der Waals surface area contributed by atoms with Crippen LogP contribution in [0.3, 0.4) is 0 Å².